The van der Waals surface area contributed by atoms with Crippen molar-refractivity contribution in [2.24, 2.45) is 0 Å². The molecule has 32 heavy (non-hydrogen) atoms. The van der Waals surface area contributed by atoms with Gasteiger partial charge in [-0.25, -0.2) is 4.98 Å². The molecule has 0 fully saturated rings. The number of aryl methyl sites for hydroxylation is 1. The Kier molecular flexibility index (Phi) is 5.94. The van der Waals surface area contributed by atoms with Crippen LogP contribution in [0.3, 0.4) is 0 Å². The highest BCUT2D eigenvalue weighted by Crippen LogP contribution is 2.34. The van der Waals surface area contributed by atoms with E-state index in [2.05, 4.69) is 5.32 Å². The molecule has 162 valence electrons. The van der Waals surface area contributed by atoms with Crippen molar-refractivity contribution in [2.75, 3.05) is 26.6 Å². The molecule has 0 unspecified atom stereocenters. The Morgan fingerprint density at radius 3 is 2.28 bits per heavy atom. The molecule has 0 saturated heterocycles. The van der Waals surface area contributed by atoms with Gasteiger partial charge in [0.2, 0.25) is 0 Å². The molecule has 0 aliphatic carbocycles. The zero-order chi connectivity index (χ0) is 22.7. The number of aromatic nitrogens is 1. The molecule has 0 aliphatic rings. The Balaban J connectivity index is 1.82. The maximum absolute atomic E-state index is 13.4. The van der Waals surface area contributed by atoms with Crippen LogP contribution in [0.25, 0.3) is 22.2 Å². The molecular formula is C26H24N2O4. The van der Waals surface area contributed by atoms with Crippen LogP contribution in [-0.2, 0) is 0 Å². The van der Waals surface area contributed by atoms with Gasteiger partial charge in [0.1, 0.15) is 17.2 Å². The second kappa shape index (κ2) is 8.98. The number of fused-ring (bicyclic) bond motifs is 1. The minimum atomic E-state index is -0.222. The molecule has 0 radical (unpaired) electrons. The molecule has 4 aromatic rings. The van der Waals surface area contributed by atoms with E-state index in [9.17, 15) is 4.79 Å². The molecule has 0 atom stereocenters. The topological polar surface area (TPSA) is 69.7 Å². The number of pyridine rings is 1. The van der Waals surface area contributed by atoms with E-state index in [1.807, 2.05) is 67.6 Å². The van der Waals surface area contributed by atoms with Gasteiger partial charge < -0.3 is 19.5 Å². The maximum Gasteiger partial charge on any atom is 0.256 e. The van der Waals surface area contributed by atoms with E-state index in [1.165, 1.54) is 0 Å². The number of nitrogens with one attached hydrogen (secondary N) is 1. The van der Waals surface area contributed by atoms with Gasteiger partial charge in [0.25, 0.3) is 5.91 Å². The molecule has 4 rings (SSSR count). The van der Waals surface area contributed by atoms with Gasteiger partial charge >= 0.3 is 0 Å². The number of para-hydroxylation sites is 1. The molecule has 0 aliphatic heterocycles. The summed E-state index contributed by atoms with van der Waals surface area (Å²) in [7, 11) is 4.83. The van der Waals surface area contributed by atoms with E-state index < -0.39 is 0 Å². The SMILES string of the molecule is COc1ccc(NC(=O)c2cc(-c3cc(OC)ccc3OC)nc3ccccc23)c(C)c1. The third-order valence-corrected chi connectivity index (χ3v) is 5.33. The van der Waals surface area contributed by atoms with Gasteiger partial charge in [-0.3, -0.25) is 4.79 Å². The van der Waals surface area contributed by atoms with Crippen molar-refractivity contribution in [3.63, 3.8) is 0 Å². The lowest BCUT2D eigenvalue weighted by Gasteiger charge is -2.14. The Labute approximate surface area is 186 Å². The molecule has 0 spiro atoms. The van der Waals surface area contributed by atoms with E-state index in [1.54, 1.807) is 27.4 Å². The van der Waals surface area contributed by atoms with Crippen molar-refractivity contribution in [3.05, 3.63) is 77.9 Å². The van der Waals surface area contributed by atoms with Crippen LogP contribution < -0.4 is 19.5 Å². The fourth-order valence-electron chi connectivity index (χ4n) is 3.61. The average Bonchev–Trinajstić information content (AvgIpc) is 2.83. The van der Waals surface area contributed by atoms with Crippen LogP contribution in [0.15, 0.2) is 66.7 Å². The van der Waals surface area contributed by atoms with Crippen molar-refractivity contribution in [3.8, 4) is 28.5 Å². The smallest absolute Gasteiger partial charge is 0.256 e. The summed E-state index contributed by atoms with van der Waals surface area (Å²) < 4.78 is 16.2. The highest BCUT2D eigenvalue weighted by Gasteiger charge is 2.17. The Bertz CT molecular complexity index is 1300. The molecule has 1 aromatic heterocycles. The predicted molar refractivity (Wildman–Crippen MR) is 126 cm³/mol. The summed E-state index contributed by atoms with van der Waals surface area (Å²) in [5.41, 5.74) is 4.23. The van der Waals surface area contributed by atoms with Gasteiger partial charge in [-0.2, -0.15) is 0 Å². The second-order valence-electron chi connectivity index (χ2n) is 7.27. The first-order chi connectivity index (χ1) is 15.5. The summed E-state index contributed by atoms with van der Waals surface area (Å²) in [6.07, 6.45) is 0. The third kappa shape index (κ3) is 4.07. The highest BCUT2D eigenvalue weighted by atomic mass is 16.5. The van der Waals surface area contributed by atoms with Crippen molar-refractivity contribution in [1.82, 2.24) is 4.98 Å². The van der Waals surface area contributed by atoms with Gasteiger partial charge in [-0.15, -0.1) is 0 Å². The summed E-state index contributed by atoms with van der Waals surface area (Å²) in [6, 6.07) is 20.4. The van der Waals surface area contributed by atoms with Crippen LogP contribution in [0.1, 0.15) is 15.9 Å². The lowest BCUT2D eigenvalue weighted by Crippen LogP contribution is -2.14. The van der Waals surface area contributed by atoms with E-state index in [0.29, 0.717) is 28.3 Å². The van der Waals surface area contributed by atoms with Gasteiger partial charge in [0, 0.05) is 16.6 Å². The number of ether oxygens (including phenoxy) is 3. The molecule has 3 aromatic carbocycles. The predicted octanol–water partition coefficient (Wildman–Crippen LogP) is 5.49. The summed E-state index contributed by atoms with van der Waals surface area (Å²) in [6.45, 7) is 1.93. The molecule has 0 saturated carbocycles. The number of rotatable bonds is 6. The summed E-state index contributed by atoms with van der Waals surface area (Å²) in [5.74, 6) is 1.84. The number of benzene rings is 3. The molecule has 1 amide bonds. The minimum Gasteiger partial charge on any atom is -0.497 e. The van der Waals surface area contributed by atoms with E-state index in [4.69, 9.17) is 19.2 Å². The highest BCUT2D eigenvalue weighted by molar-refractivity contribution is 6.13. The van der Waals surface area contributed by atoms with Gasteiger partial charge in [0.15, 0.2) is 0 Å². The normalized spacial score (nSPS) is 10.6. The van der Waals surface area contributed by atoms with E-state index in [-0.39, 0.29) is 5.91 Å². The van der Waals surface area contributed by atoms with Crippen LogP contribution in [0.5, 0.6) is 17.2 Å². The third-order valence-electron chi connectivity index (χ3n) is 5.33. The number of amides is 1. The van der Waals surface area contributed by atoms with Crippen molar-refractivity contribution in [1.29, 1.82) is 0 Å². The lowest BCUT2D eigenvalue weighted by molar-refractivity contribution is 0.102. The molecular weight excluding hydrogens is 404 g/mol. The number of carbonyl (C=O) groups is 1. The molecule has 6 nitrogen and oxygen atoms in total. The van der Waals surface area contributed by atoms with Gasteiger partial charge in [0.05, 0.1) is 38.1 Å². The number of nitrogens with zero attached hydrogens (tertiary/aromatic N) is 1. The first-order valence-electron chi connectivity index (χ1n) is 10.1. The van der Waals surface area contributed by atoms with Crippen molar-refractivity contribution < 1.29 is 19.0 Å². The largest absolute Gasteiger partial charge is 0.497 e. The first kappa shape index (κ1) is 21.2. The van der Waals surface area contributed by atoms with Gasteiger partial charge in [-0.05, 0) is 61.0 Å². The maximum atomic E-state index is 13.4. The Hall–Kier alpha value is -4.06. The first-order valence-corrected chi connectivity index (χ1v) is 10.1. The number of methoxy groups -OCH3 is 3. The quantitative estimate of drug-likeness (QED) is 0.440. The van der Waals surface area contributed by atoms with Crippen LogP contribution in [0, 0.1) is 6.92 Å². The number of hydrogen-bond acceptors (Lipinski definition) is 5. The fourth-order valence-corrected chi connectivity index (χ4v) is 3.61. The van der Waals surface area contributed by atoms with E-state index >= 15 is 0 Å². The fraction of sp³-hybridized carbons (Fsp3) is 0.154. The van der Waals surface area contributed by atoms with Gasteiger partial charge in [-0.1, -0.05) is 18.2 Å². The standard InChI is InChI=1S/C26H24N2O4/c1-16-13-17(30-2)9-11-22(16)28-26(29)20-15-24(27-23-8-6-5-7-19(20)23)21-14-18(31-3)10-12-25(21)32-4/h5-15H,1-4H3,(H,28,29). The number of anilines is 1. The van der Waals surface area contributed by atoms with Crippen LogP contribution in [-0.4, -0.2) is 32.2 Å². The van der Waals surface area contributed by atoms with Crippen molar-refractivity contribution >= 4 is 22.5 Å². The average molecular weight is 428 g/mol. The van der Waals surface area contributed by atoms with Crippen LogP contribution >= 0.6 is 0 Å². The summed E-state index contributed by atoms with van der Waals surface area (Å²) in [4.78, 5) is 18.2. The van der Waals surface area contributed by atoms with E-state index in [0.717, 1.165) is 28.0 Å². The monoisotopic (exact) mass is 428 g/mol. The van der Waals surface area contributed by atoms with Crippen LogP contribution in [0.4, 0.5) is 5.69 Å². The summed E-state index contributed by atoms with van der Waals surface area (Å²) in [5, 5.41) is 3.79. The number of hydrogen-bond donors (Lipinski definition) is 1. The Morgan fingerprint density at radius 1 is 0.844 bits per heavy atom. The lowest BCUT2D eigenvalue weighted by atomic mass is 10.0. The second-order valence-corrected chi connectivity index (χ2v) is 7.27. The Morgan fingerprint density at radius 2 is 1.56 bits per heavy atom. The molecule has 1 heterocycles. The minimum absolute atomic E-state index is 0.222. The zero-order valence-electron chi connectivity index (χ0n) is 18.4. The molecule has 6 heteroatoms. The number of carbonyl (C=O) groups excluding carboxylic acids is 1. The summed E-state index contributed by atoms with van der Waals surface area (Å²) >= 11 is 0. The van der Waals surface area contributed by atoms with Crippen molar-refractivity contribution in [2.45, 2.75) is 6.92 Å². The zero-order valence-corrected chi connectivity index (χ0v) is 18.4. The molecule has 0 bridgehead atoms. The molecule has 1 N–H and O–H groups in total. The van der Waals surface area contributed by atoms with Crippen LogP contribution in [0.2, 0.25) is 0 Å².